The van der Waals surface area contributed by atoms with Gasteiger partial charge in [0.15, 0.2) is 0 Å². The molecule has 0 aliphatic heterocycles. The molecule has 0 fully saturated rings. The average Bonchev–Trinajstić information content (AvgIpc) is 2.47. The van der Waals surface area contributed by atoms with Crippen LogP contribution in [0.1, 0.15) is 18.9 Å². The van der Waals surface area contributed by atoms with Crippen LogP contribution in [0.4, 0.5) is 5.69 Å². The second-order valence-corrected chi connectivity index (χ2v) is 5.47. The number of nitro benzene ring substituents is 1. The summed E-state index contributed by atoms with van der Waals surface area (Å²) in [4.78, 5) is 10.2. The molecular formula is C16H16ClNO3. The number of hydrogen-bond donors (Lipinski definition) is 1. The molecule has 0 aliphatic rings. The summed E-state index contributed by atoms with van der Waals surface area (Å²) in [6.45, 7) is 1.73. The number of halogens is 1. The number of hydrogen-bond acceptors (Lipinski definition) is 3. The number of non-ortho nitro benzene ring substituents is 1. The Kier molecular flexibility index (Phi) is 4.60. The minimum absolute atomic E-state index is 0.0698. The van der Waals surface area contributed by atoms with E-state index in [2.05, 4.69) is 0 Å². The van der Waals surface area contributed by atoms with Crippen LogP contribution in [0.15, 0.2) is 48.5 Å². The highest BCUT2D eigenvalue weighted by atomic mass is 35.5. The molecule has 0 aliphatic carbocycles. The van der Waals surface area contributed by atoms with Crippen LogP contribution in [0.3, 0.4) is 0 Å². The summed E-state index contributed by atoms with van der Waals surface area (Å²) in [7, 11) is 0. The van der Waals surface area contributed by atoms with Crippen molar-refractivity contribution in [1.82, 2.24) is 0 Å². The Bertz CT molecular complexity index is 621. The fourth-order valence-electron chi connectivity index (χ4n) is 2.13. The van der Waals surface area contributed by atoms with Crippen molar-refractivity contribution in [3.63, 3.8) is 0 Å². The van der Waals surface area contributed by atoms with E-state index in [1.165, 1.54) is 12.1 Å². The van der Waals surface area contributed by atoms with Gasteiger partial charge in [-0.25, -0.2) is 0 Å². The molecule has 4 nitrogen and oxygen atoms in total. The van der Waals surface area contributed by atoms with Crippen LogP contribution >= 0.6 is 11.6 Å². The molecule has 0 radical (unpaired) electrons. The van der Waals surface area contributed by atoms with Gasteiger partial charge in [0, 0.05) is 18.0 Å². The maximum Gasteiger partial charge on any atom is 0.269 e. The molecule has 1 atom stereocenters. The Labute approximate surface area is 128 Å². The Morgan fingerprint density at radius 1 is 1.10 bits per heavy atom. The Hall–Kier alpha value is -1.91. The van der Waals surface area contributed by atoms with Gasteiger partial charge in [-0.2, -0.15) is 0 Å². The van der Waals surface area contributed by atoms with E-state index in [1.54, 1.807) is 19.1 Å². The lowest BCUT2D eigenvalue weighted by Gasteiger charge is -2.23. The van der Waals surface area contributed by atoms with E-state index in [-0.39, 0.29) is 5.69 Å². The van der Waals surface area contributed by atoms with Crippen molar-refractivity contribution in [2.45, 2.75) is 18.9 Å². The van der Waals surface area contributed by atoms with E-state index in [9.17, 15) is 15.2 Å². The Morgan fingerprint density at radius 3 is 2.00 bits per heavy atom. The second-order valence-electron chi connectivity index (χ2n) is 5.09. The lowest BCUT2D eigenvalue weighted by atomic mass is 9.91. The largest absolute Gasteiger partial charge is 0.385 e. The summed E-state index contributed by atoms with van der Waals surface area (Å²) < 4.78 is 0. The fraction of sp³-hybridized carbons (Fsp3) is 0.250. The van der Waals surface area contributed by atoms with Gasteiger partial charge < -0.3 is 5.11 Å². The number of aliphatic hydroxyl groups is 1. The standard InChI is InChI=1S/C16H16ClNO3/c1-16(19,10-11-17)14-6-2-12(3-7-14)13-4-8-15(9-5-13)18(20)21/h2-9,19H,10-11H2,1H3. The molecule has 5 heteroatoms. The average molecular weight is 306 g/mol. The van der Waals surface area contributed by atoms with Gasteiger partial charge in [-0.3, -0.25) is 10.1 Å². The van der Waals surface area contributed by atoms with E-state index in [1.807, 2.05) is 24.3 Å². The highest BCUT2D eigenvalue weighted by Crippen LogP contribution is 2.28. The van der Waals surface area contributed by atoms with Crippen LogP contribution in [0.5, 0.6) is 0 Å². The van der Waals surface area contributed by atoms with Crippen LogP contribution in [0.25, 0.3) is 11.1 Å². The molecule has 2 rings (SSSR count). The van der Waals surface area contributed by atoms with Crippen molar-refractivity contribution in [2.75, 3.05) is 5.88 Å². The molecule has 0 spiro atoms. The summed E-state index contributed by atoms with van der Waals surface area (Å²) >= 11 is 5.69. The summed E-state index contributed by atoms with van der Waals surface area (Å²) in [6.07, 6.45) is 0.478. The fourth-order valence-corrected chi connectivity index (χ4v) is 2.49. The molecular weight excluding hydrogens is 290 g/mol. The SMILES string of the molecule is CC(O)(CCCl)c1ccc(-c2ccc([N+](=O)[O-])cc2)cc1. The molecule has 0 amide bonds. The van der Waals surface area contributed by atoms with Crippen LogP contribution < -0.4 is 0 Å². The topological polar surface area (TPSA) is 63.4 Å². The predicted molar refractivity (Wildman–Crippen MR) is 83.4 cm³/mol. The van der Waals surface area contributed by atoms with E-state index in [0.717, 1.165) is 16.7 Å². The van der Waals surface area contributed by atoms with Crippen LogP contribution in [-0.2, 0) is 5.60 Å². The van der Waals surface area contributed by atoms with Gasteiger partial charge >= 0.3 is 0 Å². The quantitative estimate of drug-likeness (QED) is 0.514. The summed E-state index contributed by atoms with van der Waals surface area (Å²) in [6, 6.07) is 13.9. The first-order valence-corrected chi connectivity index (χ1v) is 7.11. The molecule has 0 aromatic heterocycles. The zero-order valence-electron chi connectivity index (χ0n) is 11.6. The minimum Gasteiger partial charge on any atom is -0.385 e. The van der Waals surface area contributed by atoms with Gasteiger partial charge in [0.25, 0.3) is 5.69 Å². The van der Waals surface area contributed by atoms with Gasteiger partial charge in [-0.05, 0) is 42.2 Å². The normalized spacial score (nSPS) is 13.7. The monoisotopic (exact) mass is 305 g/mol. The molecule has 0 saturated heterocycles. The predicted octanol–water partition coefficient (Wildman–Crippen LogP) is 4.10. The maximum absolute atomic E-state index is 10.6. The van der Waals surface area contributed by atoms with E-state index in [0.29, 0.717) is 12.3 Å². The first-order valence-electron chi connectivity index (χ1n) is 6.58. The number of nitro groups is 1. The highest BCUT2D eigenvalue weighted by molar-refractivity contribution is 6.17. The molecule has 1 unspecified atom stereocenters. The highest BCUT2D eigenvalue weighted by Gasteiger charge is 2.21. The van der Waals surface area contributed by atoms with Crippen LogP contribution in [-0.4, -0.2) is 15.9 Å². The van der Waals surface area contributed by atoms with E-state index >= 15 is 0 Å². The number of rotatable bonds is 5. The van der Waals surface area contributed by atoms with Gasteiger partial charge in [-0.1, -0.05) is 24.3 Å². The molecule has 0 bridgehead atoms. The molecule has 0 saturated carbocycles. The van der Waals surface area contributed by atoms with Crippen LogP contribution in [0, 0.1) is 10.1 Å². The second kappa shape index (κ2) is 6.24. The summed E-state index contributed by atoms with van der Waals surface area (Å²) in [5.74, 6) is 0.386. The van der Waals surface area contributed by atoms with Crippen LogP contribution in [0.2, 0.25) is 0 Å². The zero-order chi connectivity index (χ0) is 15.5. The Morgan fingerprint density at radius 2 is 1.57 bits per heavy atom. The molecule has 0 heterocycles. The molecule has 110 valence electrons. The smallest absolute Gasteiger partial charge is 0.269 e. The van der Waals surface area contributed by atoms with Crippen molar-refractivity contribution >= 4 is 17.3 Å². The molecule has 1 N–H and O–H groups in total. The van der Waals surface area contributed by atoms with E-state index < -0.39 is 10.5 Å². The zero-order valence-corrected chi connectivity index (χ0v) is 12.4. The van der Waals surface area contributed by atoms with Crippen molar-refractivity contribution in [1.29, 1.82) is 0 Å². The lowest BCUT2D eigenvalue weighted by molar-refractivity contribution is -0.384. The molecule has 2 aromatic rings. The first-order chi connectivity index (χ1) is 9.94. The van der Waals surface area contributed by atoms with Gasteiger partial charge in [0.2, 0.25) is 0 Å². The number of alkyl halides is 1. The number of benzene rings is 2. The first kappa shape index (κ1) is 15.5. The summed E-state index contributed by atoms with van der Waals surface area (Å²) in [5.41, 5.74) is 1.75. The maximum atomic E-state index is 10.6. The Balaban J connectivity index is 2.24. The number of nitrogens with zero attached hydrogens (tertiary/aromatic N) is 1. The summed E-state index contributed by atoms with van der Waals surface area (Å²) in [5, 5.41) is 20.9. The minimum atomic E-state index is -0.949. The third-order valence-corrected chi connectivity index (χ3v) is 3.69. The van der Waals surface area contributed by atoms with Crippen molar-refractivity contribution in [3.8, 4) is 11.1 Å². The third kappa shape index (κ3) is 3.60. The molecule has 2 aromatic carbocycles. The van der Waals surface area contributed by atoms with Crippen molar-refractivity contribution in [3.05, 3.63) is 64.2 Å². The van der Waals surface area contributed by atoms with Crippen molar-refractivity contribution in [2.24, 2.45) is 0 Å². The van der Waals surface area contributed by atoms with Gasteiger partial charge in [0.1, 0.15) is 0 Å². The van der Waals surface area contributed by atoms with Gasteiger partial charge in [0.05, 0.1) is 10.5 Å². The third-order valence-electron chi connectivity index (χ3n) is 3.50. The lowest BCUT2D eigenvalue weighted by Crippen LogP contribution is -2.21. The van der Waals surface area contributed by atoms with Gasteiger partial charge in [-0.15, -0.1) is 11.6 Å². The van der Waals surface area contributed by atoms with E-state index in [4.69, 9.17) is 11.6 Å². The van der Waals surface area contributed by atoms with Crippen molar-refractivity contribution < 1.29 is 10.0 Å². The molecule has 21 heavy (non-hydrogen) atoms.